The van der Waals surface area contributed by atoms with Crippen molar-refractivity contribution in [1.82, 2.24) is 24.8 Å². The highest BCUT2D eigenvalue weighted by Gasteiger charge is 2.63. The number of rotatable bonds is 10. The van der Waals surface area contributed by atoms with Gasteiger partial charge in [-0.25, -0.2) is 14.8 Å². The number of aliphatic hydroxyl groups is 2. The Bertz CT molecular complexity index is 1820. The predicted molar refractivity (Wildman–Crippen MR) is 227 cm³/mol. The lowest BCUT2D eigenvalue weighted by Crippen LogP contribution is -2.61. The van der Waals surface area contributed by atoms with E-state index < -0.39 is 71.5 Å². The van der Waals surface area contributed by atoms with Crippen molar-refractivity contribution in [2.24, 2.45) is 23.7 Å². The molecule has 1 unspecified atom stereocenters. The number of fused-ring (bicyclic) bond motifs is 2. The number of cyclic esters (lactones) is 1. The zero-order chi connectivity index (χ0) is 43.8. The third kappa shape index (κ3) is 8.98. The molecule has 2 aromatic rings. The molecule has 14 heteroatoms. The van der Waals surface area contributed by atoms with Crippen LogP contribution in [-0.4, -0.2) is 147 Å². The van der Waals surface area contributed by atoms with E-state index in [1.807, 2.05) is 64.2 Å². The highest BCUT2D eigenvalue weighted by Crippen LogP contribution is 2.47. The second kappa shape index (κ2) is 18.6. The Hall–Kier alpha value is -3.24. The molecule has 4 saturated heterocycles. The molecule has 0 aliphatic carbocycles. The van der Waals surface area contributed by atoms with E-state index in [4.69, 9.17) is 18.9 Å². The molecule has 60 heavy (non-hydrogen) atoms. The summed E-state index contributed by atoms with van der Waals surface area (Å²) in [5, 5.41) is 29.3. The van der Waals surface area contributed by atoms with Crippen LogP contribution in [0.3, 0.4) is 0 Å². The number of carbonyl (C=O) groups excluding carboxylic acids is 3. The standard InChI is InChI=1S/C46H71N5O9/c1-12-22-49-26-50(23-16-17-32-20-21-47-34-19-15-14-18-33(32)34)51-40-29(5)37(49)27(3)25-45(8,56)41(59-43-39(53)35(48(10)11)24-28(4)57-43)30(6)38(52)31(7)42(54)58-36(13-2)46(40,9)60-44(51)55/h14-15,18-21,27-31,35-37,39-41,43,53,56H,12-13,16-17,22-26H2,1-11H3/t27-,28-,29+,30+,31-,35+,36-,37?,39-,40-,41-,43+,45+,46-/m1/s1. The van der Waals surface area contributed by atoms with Gasteiger partial charge in [-0.3, -0.25) is 19.5 Å². The highest BCUT2D eigenvalue weighted by molar-refractivity contribution is 6.00. The van der Waals surface area contributed by atoms with E-state index in [9.17, 15) is 24.6 Å². The van der Waals surface area contributed by atoms with E-state index in [0.717, 1.165) is 36.7 Å². The van der Waals surface area contributed by atoms with Crippen LogP contribution in [0, 0.1) is 23.7 Å². The smallest absolute Gasteiger partial charge is 0.425 e. The highest BCUT2D eigenvalue weighted by atomic mass is 16.7. The molecule has 5 heterocycles. The fourth-order valence-electron chi connectivity index (χ4n) is 11.2. The van der Waals surface area contributed by atoms with E-state index in [2.05, 4.69) is 47.8 Å². The number of aryl methyl sites for hydroxylation is 1. The van der Waals surface area contributed by atoms with E-state index in [-0.39, 0.29) is 36.4 Å². The Kier molecular flexibility index (Phi) is 14.4. The summed E-state index contributed by atoms with van der Waals surface area (Å²) in [7, 11) is 3.78. The first-order valence-electron chi connectivity index (χ1n) is 22.3. The number of likely N-dealkylation sites (N-methyl/N-ethyl adjacent to an activating group) is 1. The summed E-state index contributed by atoms with van der Waals surface area (Å²) in [5.74, 6) is -3.84. The van der Waals surface area contributed by atoms with Gasteiger partial charge in [0.15, 0.2) is 17.7 Å². The number of ether oxygens (including phenoxy) is 4. The van der Waals surface area contributed by atoms with Gasteiger partial charge in [0.05, 0.1) is 36.0 Å². The monoisotopic (exact) mass is 838 g/mol. The molecule has 6 rings (SSSR count). The molecule has 1 amide bonds. The van der Waals surface area contributed by atoms with Crippen molar-refractivity contribution in [1.29, 1.82) is 0 Å². The largest absolute Gasteiger partial charge is 0.458 e. The summed E-state index contributed by atoms with van der Waals surface area (Å²) < 4.78 is 25.5. The number of hydrogen-bond acceptors (Lipinski definition) is 13. The number of aromatic nitrogens is 1. The molecule has 0 radical (unpaired) electrons. The molecular weight excluding hydrogens is 767 g/mol. The van der Waals surface area contributed by atoms with Gasteiger partial charge in [-0.1, -0.05) is 52.8 Å². The summed E-state index contributed by atoms with van der Waals surface area (Å²) in [6.07, 6.45) is 0.396. The molecule has 4 fully saturated rings. The minimum Gasteiger partial charge on any atom is -0.458 e. The topological polar surface area (TPSA) is 154 Å². The molecule has 334 valence electrons. The second-order valence-corrected chi connectivity index (χ2v) is 18.9. The number of ketones is 1. The number of para-hydroxylation sites is 1. The molecule has 0 spiro atoms. The van der Waals surface area contributed by atoms with E-state index >= 15 is 0 Å². The van der Waals surface area contributed by atoms with Crippen molar-refractivity contribution < 1.29 is 43.5 Å². The first kappa shape index (κ1) is 46.3. The van der Waals surface area contributed by atoms with Crippen LogP contribution in [0.2, 0.25) is 0 Å². The summed E-state index contributed by atoms with van der Waals surface area (Å²) in [6.45, 7) is 18.7. The summed E-state index contributed by atoms with van der Waals surface area (Å²) in [5.41, 5.74) is -0.768. The van der Waals surface area contributed by atoms with Gasteiger partial charge in [-0.2, -0.15) is 0 Å². The van der Waals surface area contributed by atoms with Gasteiger partial charge in [0.1, 0.15) is 18.1 Å². The summed E-state index contributed by atoms with van der Waals surface area (Å²) >= 11 is 0. The van der Waals surface area contributed by atoms with Crippen LogP contribution < -0.4 is 0 Å². The normalized spacial score (nSPS) is 38.8. The van der Waals surface area contributed by atoms with Crippen molar-refractivity contribution in [3.63, 3.8) is 0 Å². The Morgan fingerprint density at radius 2 is 1.73 bits per heavy atom. The molecule has 14 nitrogen and oxygen atoms in total. The maximum absolute atomic E-state index is 14.4. The van der Waals surface area contributed by atoms with Crippen molar-refractivity contribution >= 4 is 28.7 Å². The lowest BCUT2D eigenvalue weighted by atomic mass is 9.71. The SMILES string of the molecule is CCCN1CN(CCCc2ccnc3ccccc23)N2C(=O)O[C@]3(C)[C@@H](CC)OC(=O)[C@H](C)C(=O)[C@H](C)[C@@H](O[C@@H]4O[C@H](C)C[C@H](N(C)C)[C@H]4O)[C@@](C)(O)C[C@@H](C)C1[C@H](C)[C@@H]23. The number of Topliss-reactive ketones (excluding diaryl/α,β-unsaturated/α-hetero) is 1. The third-order valence-corrected chi connectivity index (χ3v) is 14.0. The zero-order valence-corrected chi connectivity index (χ0v) is 37.7. The average molecular weight is 838 g/mol. The minimum absolute atomic E-state index is 0.191. The molecular formula is C46H71N5O9. The molecule has 1 aromatic heterocycles. The van der Waals surface area contributed by atoms with Gasteiger partial charge in [0.2, 0.25) is 0 Å². The van der Waals surface area contributed by atoms with Crippen LogP contribution in [0.15, 0.2) is 36.5 Å². The van der Waals surface area contributed by atoms with Crippen LogP contribution >= 0.6 is 0 Å². The van der Waals surface area contributed by atoms with Gasteiger partial charge in [-0.15, -0.1) is 0 Å². The summed E-state index contributed by atoms with van der Waals surface area (Å²) in [6, 6.07) is 9.15. The van der Waals surface area contributed by atoms with E-state index in [1.54, 1.807) is 18.9 Å². The Balaban J connectivity index is 1.40. The van der Waals surface area contributed by atoms with Crippen molar-refractivity contribution in [2.45, 2.75) is 161 Å². The summed E-state index contributed by atoms with van der Waals surface area (Å²) in [4.78, 5) is 51.8. The Morgan fingerprint density at radius 1 is 1.02 bits per heavy atom. The lowest BCUT2D eigenvalue weighted by Gasteiger charge is -2.48. The maximum atomic E-state index is 14.4. The predicted octanol–water partition coefficient (Wildman–Crippen LogP) is 5.42. The number of esters is 1. The number of nitrogens with zero attached hydrogens (tertiary/aromatic N) is 5. The van der Waals surface area contributed by atoms with Gasteiger partial charge in [0.25, 0.3) is 0 Å². The first-order chi connectivity index (χ1) is 28.3. The molecule has 4 aliphatic rings. The van der Waals surface area contributed by atoms with Gasteiger partial charge in [0, 0.05) is 36.1 Å². The van der Waals surface area contributed by atoms with E-state index in [1.165, 1.54) is 12.5 Å². The Morgan fingerprint density at radius 3 is 2.42 bits per heavy atom. The number of benzene rings is 1. The van der Waals surface area contributed by atoms with Gasteiger partial charge < -0.3 is 34.1 Å². The van der Waals surface area contributed by atoms with Crippen LogP contribution in [0.25, 0.3) is 10.9 Å². The molecule has 4 aliphatic heterocycles. The van der Waals surface area contributed by atoms with Crippen LogP contribution in [0.4, 0.5) is 4.79 Å². The number of hydrazine groups is 1. The van der Waals surface area contributed by atoms with Gasteiger partial charge in [-0.05, 0) is 116 Å². The van der Waals surface area contributed by atoms with E-state index in [0.29, 0.717) is 26.1 Å². The molecule has 14 atom stereocenters. The second-order valence-electron chi connectivity index (χ2n) is 18.9. The molecule has 0 saturated carbocycles. The zero-order valence-electron chi connectivity index (χ0n) is 37.7. The first-order valence-corrected chi connectivity index (χ1v) is 22.3. The Labute approximate surface area is 356 Å². The third-order valence-electron chi connectivity index (χ3n) is 14.0. The van der Waals surface area contributed by atoms with Crippen molar-refractivity contribution in [3.8, 4) is 0 Å². The number of aliphatic hydroxyl groups excluding tert-OH is 1. The average Bonchev–Trinajstić information content (AvgIpc) is 3.40. The van der Waals surface area contributed by atoms with Crippen LogP contribution in [-0.2, 0) is 35.0 Å². The quantitative estimate of drug-likeness (QED) is 0.232. The number of pyridine rings is 1. The number of carbonyl (C=O) groups is 3. The maximum Gasteiger partial charge on any atom is 0.425 e. The van der Waals surface area contributed by atoms with Gasteiger partial charge >= 0.3 is 12.1 Å². The minimum atomic E-state index is -1.63. The van der Waals surface area contributed by atoms with Crippen molar-refractivity contribution in [3.05, 3.63) is 42.1 Å². The molecule has 2 bridgehead atoms. The number of amides is 1. The number of hydrogen-bond donors (Lipinski definition) is 2. The molecule has 2 N–H and O–H groups in total. The lowest BCUT2D eigenvalue weighted by molar-refractivity contribution is -0.293. The van der Waals surface area contributed by atoms with Crippen molar-refractivity contribution in [2.75, 3.05) is 33.9 Å². The fraction of sp³-hybridized carbons (Fsp3) is 0.739. The van der Waals surface area contributed by atoms with Crippen LogP contribution in [0.1, 0.15) is 100.0 Å². The fourth-order valence-corrected chi connectivity index (χ4v) is 11.2. The molecule has 1 aromatic carbocycles. The van der Waals surface area contributed by atoms with Crippen LogP contribution in [0.5, 0.6) is 0 Å².